The van der Waals surface area contributed by atoms with Crippen molar-refractivity contribution in [2.75, 3.05) is 31.6 Å². The fourth-order valence-corrected chi connectivity index (χ4v) is 5.12. The van der Waals surface area contributed by atoms with Crippen molar-refractivity contribution in [3.8, 4) is 5.69 Å². The molecule has 0 aliphatic carbocycles. The lowest BCUT2D eigenvalue weighted by molar-refractivity contribution is 0.0302. The van der Waals surface area contributed by atoms with E-state index in [1.54, 1.807) is 39.9 Å². The molecular weight excluding hydrogens is 455 g/mol. The number of nitrogens with one attached hydrogen (secondary N) is 1. The van der Waals surface area contributed by atoms with Crippen LogP contribution in [0.2, 0.25) is 0 Å². The molecule has 0 bridgehead atoms. The molecule has 0 atom stereocenters. The number of aromatic nitrogens is 2. The van der Waals surface area contributed by atoms with Crippen molar-refractivity contribution in [1.82, 2.24) is 14.7 Å². The number of carbonyl (C=O) groups is 2. The van der Waals surface area contributed by atoms with E-state index < -0.39 is 0 Å². The minimum Gasteiger partial charge on any atom is -0.378 e. The van der Waals surface area contributed by atoms with E-state index in [1.807, 2.05) is 19.9 Å². The normalized spacial score (nSPS) is 13.9. The summed E-state index contributed by atoms with van der Waals surface area (Å²) in [7, 11) is 0. The van der Waals surface area contributed by atoms with Crippen LogP contribution in [0, 0.1) is 19.7 Å². The van der Waals surface area contributed by atoms with Gasteiger partial charge in [0, 0.05) is 29.7 Å². The zero-order chi connectivity index (χ0) is 23.8. The van der Waals surface area contributed by atoms with Crippen molar-refractivity contribution >= 4 is 39.1 Å². The van der Waals surface area contributed by atoms with Crippen LogP contribution in [0.4, 0.5) is 10.1 Å². The molecule has 0 spiro atoms. The van der Waals surface area contributed by atoms with Gasteiger partial charge in [-0.2, -0.15) is 5.10 Å². The smallest absolute Gasteiger partial charge is 0.265 e. The van der Waals surface area contributed by atoms with Crippen molar-refractivity contribution in [3.05, 3.63) is 76.0 Å². The second-order valence-electron chi connectivity index (χ2n) is 8.14. The number of morpholine rings is 1. The highest BCUT2D eigenvalue weighted by molar-refractivity contribution is 7.20. The van der Waals surface area contributed by atoms with E-state index in [0.29, 0.717) is 42.4 Å². The standard InChI is InChI=1S/C25H23FN4O3S/c1-15-19(24(32)29-10-12-33-13-11-29)4-3-5-21(15)27-23(31)22-14-20-16(2)28-30(25(20)34-22)18-8-6-17(26)7-9-18/h3-9,14H,10-13H2,1-2H3,(H,27,31). The summed E-state index contributed by atoms with van der Waals surface area (Å²) in [6.07, 6.45) is 0. The van der Waals surface area contributed by atoms with E-state index in [0.717, 1.165) is 27.2 Å². The molecule has 4 aromatic rings. The second-order valence-corrected chi connectivity index (χ2v) is 9.17. The molecule has 2 aromatic heterocycles. The lowest BCUT2D eigenvalue weighted by Gasteiger charge is -2.27. The van der Waals surface area contributed by atoms with Gasteiger partial charge in [-0.1, -0.05) is 6.07 Å². The minimum atomic E-state index is -0.320. The maximum Gasteiger partial charge on any atom is 0.265 e. The number of benzene rings is 2. The average molecular weight is 479 g/mol. The molecule has 1 saturated heterocycles. The highest BCUT2D eigenvalue weighted by atomic mass is 32.1. The monoisotopic (exact) mass is 478 g/mol. The van der Waals surface area contributed by atoms with E-state index in [4.69, 9.17) is 4.74 Å². The SMILES string of the molecule is Cc1c(NC(=O)c2cc3c(C)nn(-c4ccc(F)cc4)c3s2)cccc1C(=O)N1CCOCC1. The van der Waals surface area contributed by atoms with Gasteiger partial charge in [0.2, 0.25) is 0 Å². The third-order valence-corrected chi connectivity index (χ3v) is 7.06. The molecule has 174 valence electrons. The number of amides is 2. The van der Waals surface area contributed by atoms with Gasteiger partial charge in [-0.05, 0) is 61.9 Å². The molecule has 1 aliphatic rings. The zero-order valence-corrected chi connectivity index (χ0v) is 19.6. The molecule has 34 heavy (non-hydrogen) atoms. The molecule has 0 saturated carbocycles. The van der Waals surface area contributed by atoms with E-state index in [2.05, 4.69) is 10.4 Å². The largest absolute Gasteiger partial charge is 0.378 e. The number of aryl methyl sites for hydroxylation is 1. The first kappa shape index (κ1) is 22.2. The number of halogens is 1. The predicted molar refractivity (Wildman–Crippen MR) is 129 cm³/mol. The van der Waals surface area contributed by atoms with Gasteiger partial charge in [0.15, 0.2) is 0 Å². The van der Waals surface area contributed by atoms with Crippen LogP contribution in [-0.2, 0) is 4.74 Å². The molecular formula is C25H23FN4O3S. The van der Waals surface area contributed by atoms with Crippen molar-refractivity contribution in [2.24, 2.45) is 0 Å². The van der Waals surface area contributed by atoms with Crippen LogP contribution in [-0.4, -0.2) is 52.8 Å². The molecule has 7 nitrogen and oxygen atoms in total. The number of nitrogens with zero attached hydrogens (tertiary/aromatic N) is 3. The molecule has 2 amide bonds. The van der Waals surface area contributed by atoms with E-state index >= 15 is 0 Å². The van der Waals surface area contributed by atoms with Crippen LogP contribution in [0.15, 0.2) is 48.5 Å². The van der Waals surface area contributed by atoms with Gasteiger partial charge in [0.05, 0.1) is 29.5 Å². The minimum absolute atomic E-state index is 0.0613. The number of anilines is 1. The van der Waals surface area contributed by atoms with Gasteiger partial charge in [0.1, 0.15) is 10.6 Å². The molecule has 5 rings (SSSR count). The Morgan fingerprint density at radius 1 is 1.09 bits per heavy atom. The first-order valence-corrected chi connectivity index (χ1v) is 11.8. The third-order valence-electron chi connectivity index (χ3n) is 5.95. The molecule has 1 fully saturated rings. The Morgan fingerprint density at radius 3 is 2.56 bits per heavy atom. The number of ether oxygens (including phenoxy) is 1. The lowest BCUT2D eigenvalue weighted by Crippen LogP contribution is -2.41. The van der Waals surface area contributed by atoms with Crippen LogP contribution in [0.5, 0.6) is 0 Å². The third kappa shape index (κ3) is 4.08. The topological polar surface area (TPSA) is 76.5 Å². The number of hydrogen-bond donors (Lipinski definition) is 1. The highest BCUT2D eigenvalue weighted by Crippen LogP contribution is 2.31. The summed E-state index contributed by atoms with van der Waals surface area (Å²) < 4.78 is 20.4. The summed E-state index contributed by atoms with van der Waals surface area (Å²) in [5.41, 5.74) is 3.39. The lowest BCUT2D eigenvalue weighted by atomic mass is 10.0. The van der Waals surface area contributed by atoms with Gasteiger partial charge in [-0.15, -0.1) is 11.3 Å². The summed E-state index contributed by atoms with van der Waals surface area (Å²) in [5, 5.41) is 8.37. The quantitative estimate of drug-likeness (QED) is 0.466. The molecule has 0 radical (unpaired) electrons. The Balaban J connectivity index is 1.41. The van der Waals surface area contributed by atoms with Crippen LogP contribution >= 0.6 is 11.3 Å². The highest BCUT2D eigenvalue weighted by Gasteiger charge is 2.22. The molecule has 9 heteroatoms. The summed E-state index contributed by atoms with van der Waals surface area (Å²) in [6.45, 7) is 5.89. The van der Waals surface area contributed by atoms with Gasteiger partial charge in [0.25, 0.3) is 11.8 Å². The van der Waals surface area contributed by atoms with Gasteiger partial charge >= 0.3 is 0 Å². The Labute approximate surface area is 199 Å². The first-order valence-electron chi connectivity index (χ1n) is 11.0. The maximum absolute atomic E-state index is 13.3. The van der Waals surface area contributed by atoms with Crippen molar-refractivity contribution in [3.63, 3.8) is 0 Å². The molecule has 3 heterocycles. The van der Waals surface area contributed by atoms with Crippen molar-refractivity contribution in [2.45, 2.75) is 13.8 Å². The summed E-state index contributed by atoms with van der Waals surface area (Å²) in [5.74, 6) is -0.640. The average Bonchev–Trinajstić information content (AvgIpc) is 3.42. The van der Waals surface area contributed by atoms with Crippen LogP contribution < -0.4 is 5.32 Å². The Bertz CT molecular complexity index is 1390. The number of carbonyl (C=O) groups excluding carboxylic acids is 2. The van der Waals surface area contributed by atoms with E-state index in [-0.39, 0.29) is 17.6 Å². The fourth-order valence-electron chi connectivity index (χ4n) is 4.04. The molecule has 1 aliphatic heterocycles. The number of fused-ring (bicyclic) bond motifs is 1. The summed E-state index contributed by atoms with van der Waals surface area (Å²) in [6, 6.07) is 13.2. The number of rotatable bonds is 4. The van der Waals surface area contributed by atoms with Gasteiger partial charge < -0.3 is 15.0 Å². The number of hydrogen-bond acceptors (Lipinski definition) is 5. The van der Waals surface area contributed by atoms with Crippen LogP contribution in [0.3, 0.4) is 0 Å². The maximum atomic E-state index is 13.3. The van der Waals surface area contributed by atoms with Crippen molar-refractivity contribution < 1.29 is 18.7 Å². The van der Waals surface area contributed by atoms with Gasteiger partial charge in [-0.3, -0.25) is 9.59 Å². The predicted octanol–water partition coefficient (Wildman–Crippen LogP) is 4.57. The van der Waals surface area contributed by atoms with Gasteiger partial charge in [-0.25, -0.2) is 9.07 Å². The van der Waals surface area contributed by atoms with E-state index in [1.165, 1.54) is 23.5 Å². The first-order chi connectivity index (χ1) is 16.4. The summed E-state index contributed by atoms with van der Waals surface area (Å²) >= 11 is 1.32. The molecule has 1 N–H and O–H groups in total. The van der Waals surface area contributed by atoms with Crippen molar-refractivity contribution in [1.29, 1.82) is 0 Å². The van der Waals surface area contributed by atoms with E-state index in [9.17, 15) is 14.0 Å². The Kier molecular flexibility index (Phi) is 5.89. The fraction of sp³-hybridized carbons (Fsp3) is 0.240. The Hall–Kier alpha value is -3.56. The van der Waals surface area contributed by atoms with Crippen LogP contribution in [0.1, 0.15) is 31.3 Å². The molecule has 0 unspecified atom stereocenters. The Morgan fingerprint density at radius 2 is 1.82 bits per heavy atom. The number of thiophene rings is 1. The second kappa shape index (κ2) is 9.00. The zero-order valence-electron chi connectivity index (χ0n) is 18.8. The molecule has 2 aromatic carbocycles. The van der Waals surface area contributed by atoms with Crippen LogP contribution in [0.25, 0.3) is 15.9 Å². The summed E-state index contributed by atoms with van der Waals surface area (Å²) in [4.78, 5) is 29.2.